The van der Waals surface area contributed by atoms with Crippen molar-refractivity contribution in [1.29, 1.82) is 0 Å². The van der Waals surface area contributed by atoms with Crippen molar-refractivity contribution in [1.82, 2.24) is 19.3 Å². The number of nitrogens with zero attached hydrogens (tertiary/aromatic N) is 4. The summed E-state index contributed by atoms with van der Waals surface area (Å²) >= 11 is 0. The van der Waals surface area contributed by atoms with E-state index in [-0.39, 0.29) is 24.3 Å². The minimum absolute atomic E-state index is 0.0120. The molecular formula is C19H19FN4O3. The molecule has 0 aliphatic heterocycles. The summed E-state index contributed by atoms with van der Waals surface area (Å²) in [6.45, 7) is -0.0120. The van der Waals surface area contributed by atoms with E-state index in [2.05, 4.69) is 10.1 Å². The van der Waals surface area contributed by atoms with Crippen molar-refractivity contribution in [3.05, 3.63) is 69.1 Å². The lowest BCUT2D eigenvalue weighted by molar-refractivity contribution is 0.339. The maximum atomic E-state index is 13.3. The van der Waals surface area contributed by atoms with Gasteiger partial charge in [0.2, 0.25) is 11.7 Å². The number of hydrogen-bond donors (Lipinski definition) is 0. The zero-order valence-electron chi connectivity index (χ0n) is 14.7. The standard InChI is InChI=1S/C19H19FN4O3/c20-14-6-4-5-13(11-14)17-21-16(27-22-17)12-23-9-10-24(19(26)18(23)25)15-7-2-1-3-8-15/h4-6,9-11,15H,1-3,7-8,12H2. The SMILES string of the molecule is O=c1c(=O)n(C2CCCCC2)ccn1Cc1nc(-c2cccc(F)c2)no1. The van der Waals surface area contributed by atoms with Gasteiger partial charge in [0.25, 0.3) is 0 Å². The topological polar surface area (TPSA) is 82.9 Å². The summed E-state index contributed by atoms with van der Waals surface area (Å²) in [5, 5.41) is 3.82. The third kappa shape index (κ3) is 3.60. The summed E-state index contributed by atoms with van der Waals surface area (Å²) in [6, 6.07) is 5.93. The highest BCUT2D eigenvalue weighted by Crippen LogP contribution is 2.26. The molecular weight excluding hydrogens is 351 g/mol. The van der Waals surface area contributed by atoms with Crippen LogP contribution in [0.5, 0.6) is 0 Å². The predicted molar refractivity (Wildman–Crippen MR) is 95.9 cm³/mol. The van der Waals surface area contributed by atoms with E-state index < -0.39 is 16.9 Å². The van der Waals surface area contributed by atoms with Crippen LogP contribution >= 0.6 is 0 Å². The monoisotopic (exact) mass is 370 g/mol. The van der Waals surface area contributed by atoms with Crippen molar-refractivity contribution in [2.24, 2.45) is 0 Å². The molecule has 0 bridgehead atoms. The van der Waals surface area contributed by atoms with Gasteiger partial charge in [0.05, 0.1) is 0 Å². The van der Waals surface area contributed by atoms with Crippen molar-refractivity contribution >= 4 is 0 Å². The molecule has 1 saturated carbocycles. The van der Waals surface area contributed by atoms with Crippen LogP contribution < -0.4 is 11.1 Å². The highest BCUT2D eigenvalue weighted by Gasteiger charge is 2.18. The minimum atomic E-state index is -0.617. The van der Waals surface area contributed by atoms with Crippen molar-refractivity contribution in [2.45, 2.75) is 44.7 Å². The van der Waals surface area contributed by atoms with Crippen molar-refractivity contribution in [3.8, 4) is 11.4 Å². The summed E-state index contributed by atoms with van der Waals surface area (Å²) in [7, 11) is 0. The van der Waals surface area contributed by atoms with Crippen LogP contribution in [0.3, 0.4) is 0 Å². The van der Waals surface area contributed by atoms with Gasteiger partial charge in [0, 0.05) is 24.0 Å². The second-order valence-electron chi connectivity index (χ2n) is 6.76. The second-order valence-corrected chi connectivity index (χ2v) is 6.76. The Morgan fingerprint density at radius 2 is 1.93 bits per heavy atom. The molecule has 0 spiro atoms. The molecule has 4 rings (SSSR count). The Labute approximate surface area is 154 Å². The van der Waals surface area contributed by atoms with E-state index in [0.717, 1.165) is 25.7 Å². The van der Waals surface area contributed by atoms with E-state index in [1.54, 1.807) is 29.1 Å². The van der Waals surface area contributed by atoms with Gasteiger partial charge in [-0.25, -0.2) is 4.39 Å². The quantitative estimate of drug-likeness (QED) is 0.660. The lowest BCUT2D eigenvalue weighted by Crippen LogP contribution is -2.42. The van der Waals surface area contributed by atoms with Gasteiger partial charge in [-0.15, -0.1) is 0 Å². The second kappa shape index (κ2) is 7.30. The van der Waals surface area contributed by atoms with E-state index in [1.807, 2.05) is 0 Å². The summed E-state index contributed by atoms with van der Waals surface area (Å²) in [4.78, 5) is 29.1. The maximum Gasteiger partial charge on any atom is 0.316 e. The third-order valence-electron chi connectivity index (χ3n) is 4.91. The summed E-state index contributed by atoms with van der Waals surface area (Å²) in [6.07, 6.45) is 8.39. The van der Waals surface area contributed by atoms with Crippen LogP contribution in [0.2, 0.25) is 0 Å². The normalized spacial score (nSPS) is 15.1. The lowest BCUT2D eigenvalue weighted by atomic mass is 9.95. The minimum Gasteiger partial charge on any atom is -0.337 e. The van der Waals surface area contributed by atoms with E-state index in [0.29, 0.717) is 5.56 Å². The highest BCUT2D eigenvalue weighted by molar-refractivity contribution is 5.53. The molecule has 2 heterocycles. The zero-order chi connectivity index (χ0) is 18.8. The van der Waals surface area contributed by atoms with Gasteiger partial charge in [-0.1, -0.05) is 36.6 Å². The van der Waals surface area contributed by atoms with Gasteiger partial charge in [-0.3, -0.25) is 14.2 Å². The fourth-order valence-corrected chi connectivity index (χ4v) is 3.50. The van der Waals surface area contributed by atoms with E-state index >= 15 is 0 Å². The molecule has 1 aromatic carbocycles. The molecule has 2 aromatic heterocycles. The van der Waals surface area contributed by atoms with Gasteiger partial charge < -0.3 is 9.09 Å². The molecule has 8 heteroatoms. The first-order chi connectivity index (χ1) is 13.1. The average molecular weight is 370 g/mol. The van der Waals surface area contributed by atoms with E-state index in [4.69, 9.17) is 4.52 Å². The Morgan fingerprint density at radius 3 is 2.70 bits per heavy atom. The molecule has 7 nitrogen and oxygen atoms in total. The Morgan fingerprint density at radius 1 is 1.11 bits per heavy atom. The van der Waals surface area contributed by atoms with Crippen LogP contribution in [0.4, 0.5) is 4.39 Å². The molecule has 1 aliphatic rings. The molecule has 0 radical (unpaired) electrons. The Balaban J connectivity index is 1.57. The van der Waals surface area contributed by atoms with Crippen molar-refractivity contribution < 1.29 is 8.91 Å². The summed E-state index contributed by atoms with van der Waals surface area (Å²) in [5.41, 5.74) is -0.673. The van der Waals surface area contributed by atoms with Crippen LogP contribution in [0, 0.1) is 5.82 Å². The Bertz CT molecular complexity index is 1060. The van der Waals surface area contributed by atoms with Gasteiger partial charge in [-0.2, -0.15) is 4.98 Å². The third-order valence-corrected chi connectivity index (χ3v) is 4.91. The Hall–Kier alpha value is -3.03. The zero-order valence-corrected chi connectivity index (χ0v) is 14.7. The first-order valence-electron chi connectivity index (χ1n) is 9.02. The molecule has 0 saturated heterocycles. The molecule has 0 amide bonds. The largest absolute Gasteiger partial charge is 0.337 e. The molecule has 0 atom stereocenters. The van der Waals surface area contributed by atoms with E-state index in [1.165, 1.54) is 23.1 Å². The maximum absolute atomic E-state index is 13.3. The molecule has 1 aliphatic carbocycles. The number of rotatable bonds is 4. The average Bonchev–Trinajstić information content (AvgIpc) is 3.15. The van der Waals surface area contributed by atoms with Crippen LogP contribution in [-0.2, 0) is 6.54 Å². The number of benzene rings is 1. The predicted octanol–water partition coefficient (Wildman–Crippen LogP) is 2.75. The fourth-order valence-electron chi connectivity index (χ4n) is 3.50. The van der Waals surface area contributed by atoms with Crippen molar-refractivity contribution in [3.63, 3.8) is 0 Å². The van der Waals surface area contributed by atoms with Crippen LogP contribution in [-0.4, -0.2) is 19.3 Å². The van der Waals surface area contributed by atoms with Gasteiger partial charge in [-0.05, 0) is 25.0 Å². The van der Waals surface area contributed by atoms with E-state index in [9.17, 15) is 14.0 Å². The first kappa shape index (κ1) is 17.4. The van der Waals surface area contributed by atoms with Gasteiger partial charge >= 0.3 is 11.1 Å². The Kier molecular flexibility index (Phi) is 4.70. The molecule has 3 aromatic rings. The number of halogens is 1. The molecule has 27 heavy (non-hydrogen) atoms. The first-order valence-corrected chi connectivity index (χ1v) is 9.02. The highest BCUT2D eigenvalue weighted by atomic mass is 19.1. The number of aromatic nitrogens is 4. The van der Waals surface area contributed by atoms with Crippen LogP contribution in [0.1, 0.15) is 44.0 Å². The van der Waals surface area contributed by atoms with Gasteiger partial charge in [0.15, 0.2) is 0 Å². The van der Waals surface area contributed by atoms with Crippen molar-refractivity contribution in [2.75, 3.05) is 0 Å². The van der Waals surface area contributed by atoms with Crippen LogP contribution in [0.15, 0.2) is 50.8 Å². The number of hydrogen-bond acceptors (Lipinski definition) is 5. The van der Waals surface area contributed by atoms with Crippen LogP contribution in [0.25, 0.3) is 11.4 Å². The molecule has 140 valence electrons. The fraction of sp³-hybridized carbons (Fsp3) is 0.368. The summed E-state index contributed by atoms with van der Waals surface area (Å²) in [5.74, 6) is 0.000617. The summed E-state index contributed by atoms with van der Waals surface area (Å²) < 4.78 is 21.3. The molecule has 1 fully saturated rings. The molecule has 0 unspecified atom stereocenters. The van der Waals surface area contributed by atoms with Gasteiger partial charge in [0.1, 0.15) is 12.4 Å². The lowest BCUT2D eigenvalue weighted by Gasteiger charge is -2.23. The molecule has 0 N–H and O–H groups in total. The smallest absolute Gasteiger partial charge is 0.316 e.